The highest BCUT2D eigenvalue weighted by molar-refractivity contribution is 5.78. The van der Waals surface area contributed by atoms with E-state index in [-0.39, 0.29) is 17.9 Å². The van der Waals surface area contributed by atoms with Crippen LogP contribution in [0.5, 0.6) is 0 Å². The summed E-state index contributed by atoms with van der Waals surface area (Å²) in [6.45, 7) is 5.15. The number of likely N-dealkylation sites (N-methyl/N-ethyl adjacent to an activating group) is 1. The van der Waals surface area contributed by atoms with Gasteiger partial charge in [-0.25, -0.2) is 0 Å². The molecule has 2 fully saturated rings. The lowest BCUT2D eigenvalue weighted by Crippen LogP contribution is -2.48. The van der Waals surface area contributed by atoms with E-state index in [0.29, 0.717) is 6.54 Å². The number of carbonyl (C=O) groups is 1. The lowest BCUT2D eigenvalue weighted by molar-refractivity contribution is -0.126. The molecule has 0 aromatic heterocycles. The summed E-state index contributed by atoms with van der Waals surface area (Å²) in [5.41, 5.74) is 0. The monoisotopic (exact) mass is 241 g/mol. The molecule has 17 heavy (non-hydrogen) atoms. The fraction of sp³-hybridized carbons (Fsp3) is 0.917. The summed E-state index contributed by atoms with van der Waals surface area (Å²) in [6, 6.07) is 0. The lowest BCUT2D eigenvalue weighted by Gasteiger charge is -2.30. The van der Waals surface area contributed by atoms with E-state index in [1.54, 1.807) is 0 Å². The van der Waals surface area contributed by atoms with Crippen molar-refractivity contribution in [2.45, 2.75) is 18.9 Å². The smallest absolute Gasteiger partial charge is 0.224 e. The standard InChI is InChI=1S/C12H23N3O2/c1-15-5-6-17-11(9-15)8-14-12(16)10-3-2-4-13-7-10/h10-11,13H,2-9H2,1H3,(H,14,16). The molecule has 0 saturated carbocycles. The van der Waals surface area contributed by atoms with Gasteiger partial charge < -0.3 is 20.3 Å². The highest BCUT2D eigenvalue weighted by atomic mass is 16.5. The van der Waals surface area contributed by atoms with Crippen LogP contribution in [0.4, 0.5) is 0 Å². The first-order valence-electron chi connectivity index (χ1n) is 6.54. The Kier molecular flexibility index (Phi) is 4.76. The molecule has 0 aliphatic carbocycles. The minimum Gasteiger partial charge on any atom is -0.374 e. The van der Waals surface area contributed by atoms with Crippen LogP contribution in [-0.2, 0) is 9.53 Å². The molecule has 2 heterocycles. The van der Waals surface area contributed by atoms with Crippen molar-refractivity contribution in [3.63, 3.8) is 0 Å². The Bertz CT molecular complexity index is 254. The van der Waals surface area contributed by atoms with E-state index in [0.717, 1.165) is 45.6 Å². The quantitative estimate of drug-likeness (QED) is 0.695. The predicted molar refractivity (Wildman–Crippen MR) is 65.8 cm³/mol. The Morgan fingerprint density at radius 2 is 2.47 bits per heavy atom. The Labute approximate surface area is 103 Å². The highest BCUT2D eigenvalue weighted by Gasteiger charge is 2.23. The lowest BCUT2D eigenvalue weighted by atomic mass is 9.99. The summed E-state index contributed by atoms with van der Waals surface area (Å²) in [7, 11) is 2.09. The zero-order valence-corrected chi connectivity index (χ0v) is 10.6. The first-order valence-corrected chi connectivity index (χ1v) is 6.54. The van der Waals surface area contributed by atoms with Gasteiger partial charge in [-0.05, 0) is 26.4 Å². The van der Waals surface area contributed by atoms with Gasteiger partial charge in [-0.15, -0.1) is 0 Å². The summed E-state index contributed by atoms with van der Waals surface area (Å²) in [5.74, 6) is 0.319. The number of ether oxygens (including phenoxy) is 1. The number of amides is 1. The molecule has 2 rings (SSSR count). The van der Waals surface area contributed by atoms with Crippen molar-refractivity contribution in [1.29, 1.82) is 0 Å². The van der Waals surface area contributed by atoms with Crippen LogP contribution in [0.2, 0.25) is 0 Å². The van der Waals surface area contributed by atoms with Crippen molar-refractivity contribution in [2.75, 3.05) is 46.4 Å². The predicted octanol–water partition coefficient (Wildman–Crippen LogP) is -0.567. The number of rotatable bonds is 3. The zero-order chi connectivity index (χ0) is 12.1. The molecule has 1 amide bonds. The van der Waals surface area contributed by atoms with E-state index < -0.39 is 0 Å². The van der Waals surface area contributed by atoms with Gasteiger partial charge >= 0.3 is 0 Å². The van der Waals surface area contributed by atoms with Crippen LogP contribution < -0.4 is 10.6 Å². The molecular weight excluding hydrogens is 218 g/mol. The third-order valence-corrected chi connectivity index (χ3v) is 3.51. The molecule has 98 valence electrons. The van der Waals surface area contributed by atoms with Gasteiger partial charge in [0, 0.05) is 26.2 Å². The maximum atomic E-state index is 11.9. The summed E-state index contributed by atoms with van der Waals surface area (Å²) in [6.07, 6.45) is 2.25. The van der Waals surface area contributed by atoms with Crippen LogP contribution in [-0.4, -0.2) is 63.3 Å². The van der Waals surface area contributed by atoms with Crippen molar-refractivity contribution in [3.8, 4) is 0 Å². The van der Waals surface area contributed by atoms with E-state index in [1.807, 2.05) is 0 Å². The minimum atomic E-state index is 0.144. The number of nitrogens with one attached hydrogen (secondary N) is 2. The van der Waals surface area contributed by atoms with Crippen molar-refractivity contribution in [1.82, 2.24) is 15.5 Å². The molecule has 2 atom stereocenters. The van der Waals surface area contributed by atoms with Crippen molar-refractivity contribution in [2.24, 2.45) is 5.92 Å². The number of nitrogens with zero attached hydrogens (tertiary/aromatic N) is 1. The molecular formula is C12H23N3O2. The normalized spacial score (nSPS) is 31.1. The average molecular weight is 241 g/mol. The van der Waals surface area contributed by atoms with Gasteiger partial charge in [-0.3, -0.25) is 4.79 Å². The van der Waals surface area contributed by atoms with Crippen molar-refractivity contribution in [3.05, 3.63) is 0 Å². The fourth-order valence-corrected chi connectivity index (χ4v) is 2.42. The maximum absolute atomic E-state index is 11.9. The third kappa shape index (κ3) is 3.94. The Hall–Kier alpha value is -0.650. The highest BCUT2D eigenvalue weighted by Crippen LogP contribution is 2.10. The molecule has 2 N–H and O–H groups in total. The van der Waals surface area contributed by atoms with Gasteiger partial charge in [0.2, 0.25) is 5.91 Å². The molecule has 0 aromatic rings. The topological polar surface area (TPSA) is 53.6 Å². The van der Waals surface area contributed by atoms with Crippen LogP contribution >= 0.6 is 0 Å². The van der Waals surface area contributed by atoms with Gasteiger partial charge in [-0.1, -0.05) is 0 Å². The second kappa shape index (κ2) is 6.33. The van der Waals surface area contributed by atoms with E-state index in [2.05, 4.69) is 22.6 Å². The molecule has 5 heteroatoms. The van der Waals surface area contributed by atoms with Crippen LogP contribution in [0, 0.1) is 5.92 Å². The summed E-state index contributed by atoms with van der Waals surface area (Å²) < 4.78 is 5.61. The van der Waals surface area contributed by atoms with Crippen molar-refractivity contribution < 1.29 is 9.53 Å². The van der Waals surface area contributed by atoms with Gasteiger partial charge in [0.15, 0.2) is 0 Å². The van der Waals surface area contributed by atoms with E-state index in [9.17, 15) is 4.79 Å². The van der Waals surface area contributed by atoms with Crippen LogP contribution in [0.1, 0.15) is 12.8 Å². The van der Waals surface area contributed by atoms with Crippen LogP contribution in [0.3, 0.4) is 0 Å². The number of morpholine rings is 1. The average Bonchev–Trinajstić information content (AvgIpc) is 2.37. The third-order valence-electron chi connectivity index (χ3n) is 3.51. The summed E-state index contributed by atoms with van der Waals surface area (Å²) >= 11 is 0. The van der Waals surface area contributed by atoms with E-state index >= 15 is 0 Å². The fourth-order valence-electron chi connectivity index (χ4n) is 2.42. The minimum absolute atomic E-state index is 0.144. The van der Waals surface area contributed by atoms with Gasteiger partial charge in [-0.2, -0.15) is 0 Å². The maximum Gasteiger partial charge on any atom is 0.224 e. The number of hydrogen-bond acceptors (Lipinski definition) is 4. The van der Waals surface area contributed by atoms with E-state index in [1.165, 1.54) is 0 Å². The SMILES string of the molecule is CN1CCOC(CNC(=O)C2CCCNC2)C1. The Morgan fingerprint density at radius 1 is 1.59 bits per heavy atom. The molecule has 2 aliphatic heterocycles. The summed E-state index contributed by atoms with van der Waals surface area (Å²) in [4.78, 5) is 14.1. The number of piperidine rings is 1. The summed E-state index contributed by atoms with van der Waals surface area (Å²) in [5, 5.41) is 6.27. The molecule has 2 aliphatic rings. The largest absolute Gasteiger partial charge is 0.374 e. The first kappa shape index (κ1) is 12.8. The molecule has 0 aromatic carbocycles. The second-order valence-corrected chi connectivity index (χ2v) is 5.04. The van der Waals surface area contributed by atoms with Gasteiger partial charge in [0.1, 0.15) is 0 Å². The molecule has 0 spiro atoms. The van der Waals surface area contributed by atoms with Gasteiger partial charge in [0.25, 0.3) is 0 Å². The Balaban J connectivity index is 1.68. The number of carbonyl (C=O) groups excluding carboxylic acids is 1. The van der Waals surface area contributed by atoms with Crippen LogP contribution in [0.25, 0.3) is 0 Å². The zero-order valence-electron chi connectivity index (χ0n) is 10.6. The van der Waals surface area contributed by atoms with Crippen molar-refractivity contribution >= 4 is 5.91 Å². The molecule has 2 saturated heterocycles. The molecule has 2 unspecified atom stereocenters. The second-order valence-electron chi connectivity index (χ2n) is 5.04. The Morgan fingerprint density at radius 3 is 3.18 bits per heavy atom. The molecule has 5 nitrogen and oxygen atoms in total. The molecule has 0 radical (unpaired) electrons. The number of hydrogen-bond donors (Lipinski definition) is 2. The first-order chi connectivity index (χ1) is 8.25. The van der Waals surface area contributed by atoms with Crippen LogP contribution in [0.15, 0.2) is 0 Å². The molecule has 0 bridgehead atoms. The van der Waals surface area contributed by atoms with E-state index in [4.69, 9.17) is 4.74 Å². The van der Waals surface area contributed by atoms with Gasteiger partial charge in [0.05, 0.1) is 18.6 Å².